The van der Waals surface area contributed by atoms with Gasteiger partial charge in [0.15, 0.2) is 11.5 Å². The highest BCUT2D eigenvalue weighted by Crippen LogP contribution is 2.14. The van der Waals surface area contributed by atoms with Gasteiger partial charge in [0.2, 0.25) is 0 Å². The van der Waals surface area contributed by atoms with E-state index >= 15 is 0 Å². The number of aromatic nitrogens is 4. The Kier molecular flexibility index (Phi) is 3.58. The van der Waals surface area contributed by atoms with Gasteiger partial charge in [-0.3, -0.25) is 4.79 Å². The summed E-state index contributed by atoms with van der Waals surface area (Å²) >= 11 is 0. The van der Waals surface area contributed by atoms with Crippen LogP contribution >= 0.6 is 0 Å². The molecule has 0 spiro atoms. The van der Waals surface area contributed by atoms with E-state index in [1.165, 1.54) is 0 Å². The van der Waals surface area contributed by atoms with E-state index in [4.69, 9.17) is 5.26 Å². The fourth-order valence-electron chi connectivity index (χ4n) is 1.85. The smallest absolute Gasteiger partial charge is 0.276 e. The Balaban J connectivity index is 1.80. The quantitative estimate of drug-likeness (QED) is 0.793. The van der Waals surface area contributed by atoms with Crippen LogP contribution in [-0.2, 0) is 0 Å². The zero-order valence-corrected chi connectivity index (χ0v) is 11.3. The minimum Gasteiger partial charge on any atom is -0.319 e. The van der Waals surface area contributed by atoms with Gasteiger partial charge in [0.25, 0.3) is 5.91 Å². The number of carbonyl (C=O) groups is 1. The molecule has 0 aliphatic carbocycles. The average molecular weight is 290 g/mol. The van der Waals surface area contributed by atoms with Crippen molar-refractivity contribution in [1.29, 1.82) is 5.26 Å². The number of nitrogens with zero attached hydrogens (tertiary/aromatic N) is 5. The molecule has 0 fully saturated rings. The van der Waals surface area contributed by atoms with Gasteiger partial charge >= 0.3 is 0 Å². The molecule has 7 heteroatoms. The van der Waals surface area contributed by atoms with Crippen LogP contribution in [0.3, 0.4) is 0 Å². The van der Waals surface area contributed by atoms with Crippen molar-refractivity contribution in [2.45, 2.75) is 0 Å². The van der Waals surface area contributed by atoms with E-state index in [1.54, 1.807) is 59.5 Å². The molecule has 1 aromatic carbocycles. The Bertz CT molecular complexity index is 833. The summed E-state index contributed by atoms with van der Waals surface area (Å²) in [5, 5.41) is 23.5. The summed E-state index contributed by atoms with van der Waals surface area (Å²) in [6.07, 6.45) is 3.36. The number of nitriles is 1. The summed E-state index contributed by atoms with van der Waals surface area (Å²) in [6.45, 7) is 0. The van der Waals surface area contributed by atoms with Crippen LogP contribution in [0.1, 0.15) is 16.1 Å². The third kappa shape index (κ3) is 2.66. The molecular weight excluding hydrogens is 280 g/mol. The van der Waals surface area contributed by atoms with Crippen molar-refractivity contribution in [2.75, 3.05) is 5.32 Å². The molecule has 3 rings (SSSR count). The Morgan fingerprint density at radius 2 is 2.00 bits per heavy atom. The molecule has 0 saturated carbocycles. The standard InChI is InChI=1S/C15H10N6O/c16-10-11-4-1-2-5-12(11)18-15(22)13-6-7-14(20-19-13)21-9-3-8-17-21/h1-9H,(H,18,22). The third-order valence-corrected chi connectivity index (χ3v) is 2.92. The van der Waals surface area contributed by atoms with Gasteiger partial charge in [-0.1, -0.05) is 12.1 Å². The van der Waals surface area contributed by atoms with Crippen molar-refractivity contribution in [3.8, 4) is 11.9 Å². The molecule has 7 nitrogen and oxygen atoms in total. The van der Waals surface area contributed by atoms with E-state index in [0.29, 0.717) is 17.1 Å². The molecule has 2 heterocycles. The number of para-hydroxylation sites is 1. The monoisotopic (exact) mass is 290 g/mol. The molecule has 2 aromatic heterocycles. The number of carbonyl (C=O) groups excluding carboxylic acids is 1. The van der Waals surface area contributed by atoms with Crippen LogP contribution in [0.5, 0.6) is 0 Å². The van der Waals surface area contributed by atoms with E-state index in [1.807, 2.05) is 6.07 Å². The van der Waals surface area contributed by atoms with Crippen molar-refractivity contribution in [3.05, 3.63) is 66.1 Å². The summed E-state index contributed by atoms with van der Waals surface area (Å²) in [5.41, 5.74) is 0.980. The first kappa shape index (κ1) is 13.5. The van der Waals surface area contributed by atoms with Gasteiger partial charge in [0.05, 0.1) is 11.3 Å². The first-order valence-electron chi connectivity index (χ1n) is 6.42. The fourth-order valence-corrected chi connectivity index (χ4v) is 1.85. The first-order chi connectivity index (χ1) is 10.8. The van der Waals surface area contributed by atoms with Gasteiger partial charge in [-0.2, -0.15) is 10.4 Å². The Hall–Kier alpha value is -3.53. The van der Waals surface area contributed by atoms with Gasteiger partial charge in [0.1, 0.15) is 6.07 Å². The largest absolute Gasteiger partial charge is 0.319 e. The van der Waals surface area contributed by atoms with E-state index < -0.39 is 5.91 Å². The van der Waals surface area contributed by atoms with E-state index in [2.05, 4.69) is 20.6 Å². The normalized spacial score (nSPS) is 9.95. The maximum atomic E-state index is 12.1. The lowest BCUT2D eigenvalue weighted by Gasteiger charge is -2.06. The van der Waals surface area contributed by atoms with Gasteiger partial charge in [-0.25, -0.2) is 4.68 Å². The minimum atomic E-state index is -0.429. The van der Waals surface area contributed by atoms with Crippen LogP contribution in [0, 0.1) is 11.3 Å². The van der Waals surface area contributed by atoms with E-state index in [9.17, 15) is 4.79 Å². The second-order valence-corrected chi connectivity index (χ2v) is 4.34. The highest BCUT2D eigenvalue weighted by atomic mass is 16.1. The molecule has 0 aliphatic heterocycles. The van der Waals surface area contributed by atoms with Gasteiger partial charge < -0.3 is 5.32 Å². The Labute approximate surface area is 125 Å². The van der Waals surface area contributed by atoms with E-state index in [0.717, 1.165) is 0 Å². The minimum absolute atomic E-state index is 0.156. The van der Waals surface area contributed by atoms with Crippen molar-refractivity contribution >= 4 is 11.6 Å². The summed E-state index contributed by atoms with van der Waals surface area (Å²) in [5.74, 6) is 0.0844. The summed E-state index contributed by atoms with van der Waals surface area (Å²) in [4.78, 5) is 12.1. The van der Waals surface area contributed by atoms with Gasteiger partial charge in [-0.05, 0) is 30.3 Å². The molecule has 1 N–H and O–H groups in total. The van der Waals surface area contributed by atoms with Crippen molar-refractivity contribution < 1.29 is 4.79 Å². The SMILES string of the molecule is N#Cc1ccccc1NC(=O)c1ccc(-n2cccn2)nn1. The molecule has 3 aromatic rings. The van der Waals surface area contributed by atoms with Crippen LogP contribution in [0.15, 0.2) is 54.9 Å². The lowest BCUT2D eigenvalue weighted by Crippen LogP contribution is -2.15. The second-order valence-electron chi connectivity index (χ2n) is 4.34. The number of benzene rings is 1. The Morgan fingerprint density at radius 1 is 1.14 bits per heavy atom. The van der Waals surface area contributed by atoms with Crippen molar-refractivity contribution in [2.24, 2.45) is 0 Å². The average Bonchev–Trinajstić information content (AvgIpc) is 3.10. The molecule has 0 atom stereocenters. The molecule has 0 unspecified atom stereocenters. The Morgan fingerprint density at radius 3 is 2.68 bits per heavy atom. The predicted molar refractivity (Wildman–Crippen MR) is 78.3 cm³/mol. The summed E-state index contributed by atoms with van der Waals surface area (Å²) in [6, 6.07) is 13.7. The molecule has 0 saturated heterocycles. The number of hydrogen-bond acceptors (Lipinski definition) is 5. The maximum absolute atomic E-state index is 12.1. The predicted octanol–water partition coefficient (Wildman–Crippen LogP) is 1.79. The summed E-state index contributed by atoms with van der Waals surface area (Å²) < 4.78 is 1.54. The van der Waals surface area contributed by atoms with Crippen molar-refractivity contribution in [3.63, 3.8) is 0 Å². The van der Waals surface area contributed by atoms with Gasteiger partial charge in [0, 0.05) is 12.4 Å². The molecular formula is C15H10N6O. The van der Waals surface area contributed by atoms with Crippen LogP contribution < -0.4 is 5.32 Å². The topological polar surface area (TPSA) is 96.5 Å². The number of amides is 1. The number of rotatable bonds is 3. The lowest BCUT2D eigenvalue weighted by atomic mass is 10.2. The number of nitrogens with one attached hydrogen (secondary N) is 1. The van der Waals surface area contributed by atoms with Crippen LogP contribution in [0.2, 0.25) is 0 Å². The molecule has 22 heavy (non-hydrogen) atoms. The lowest BCUT2D eigenvalue weighted by molar-refractivity contribution is 0.102. The third-order valence-electron chi connectivity index (χ3n) is 2.92. The van der Waals surface area contributed by atoms with Crippen LogP contribution in [-0.4, -0.2) is 25.9 Å². The van der Waals surface area contributed by atoms with Crippen LogP contribution in [0.25, 0.3) is 5.82 Å². The molecule has 0 radical (unpaired) electrons. The molecule has 1 amide bonds. The highest BCUT2D eigenvalue weighted by Gasteiger charge is 2.11. The van der Waals surface area contributed by atoms with E-state index in [-0.39, 0.29) is 5.69 Å². The number of anilines is 1. The maximum Gasteiger partial charge on any atom is 0.276 e. The molecule has 0 aliphatic rings. The number of hydrogen-bond donors (Lipinski definition) is 1. The molecule has 0 bridgehead atoms. The fraction of sp³-hybridized carbons (Fsp3) is 0. The second kappa shape index (κ2) is 5.85. The van der Waals surface area contributed by atoms with Crippen LogP contribution in [0.4, 0.5) is 5.69 Å². The molecule has 106 valence electrons. The summed E-state index contributed by atoms with van der Waals surface area (Å²) in [7, 11) is 0. The van der Waals surface area contributed by atoms with Gasteiger partial charge in [-0.15, -0.1) is 10.2 Å². The van der Waals surface area contributed by atoms with Crippen molar-refractivity contribution in [1.82, 2.24) is 20.0 Å². The zero-order valence-electron chi connectivity index (χ0n) is 11.3. The zero-order chi connectivity index (χ0) is 15.4. The first-order valence-corrected chi connectivity index (χ1v) is 6.42. The highest BCUT2D eigenvalue weighted by molar-refractivity contribution is 6.03.